The SMILES string of the molecule is CC(C)C(NC(=O)N1CC(C(C)C(=O)O)C1)c1cccs1. The average Bonchev–Trinajstić information content (AvgIpc) is 2.86. The number of amides is 2. The van der Waals surface area contributed by atoms with Gasteiger partial charge in [-0.05, 0) is 17.4 Å². The zero-order chi connectivity index (χ0) is 15.6. The van der Waals surface area contributed by atoms with Crippen LogP contribution in [0.1, 0.15) is 31.7 Å². The second-order valence-corrected chi connectivity index (χ2v) is 6.96. The summed E-state index contributed by atoms with van der Waals surface area (Å²) in [5, 5.41) is 14.0. The van der Waals surface area contributed by atoms with Crippen LogP contribution in [-0.2, 0) is 4.79 Å². The summed E-state index contributed by atoms with van der Waals surface area (Å²) in [5.41, 5.74) is 0. The molecule has 0 spiro atoms. The standard InChI is InChI=1S/C15H22N2O3S/c1-9(2)13(12-5-4-6-21-12)16-15(20)17-7-11(8-17)10(3)14(18)19/h4-6,9-11,13H,7-8H2,1-3H3,(H,16,20)(H,18,19). The Hall–Kier alpha value is -1.56. The molecule has 1 fully saturated rings. The molecule has 2 heterocycles. The van der Waals surface area contributed by atoms with Crippen LogP contribution < -0.4 is 5.32 Å². The third-order valence-corrected chi connectivity index (χ3v) is 5.04. The Balaban J connectivity index is 1.89. The summed E-state index contributed by atoms with van der Waals surface area (Å²) >= 11 is 1.64. The Morgan fingerprint density at radius 2 is 2.05 bits per heavy atom. The predicted molar refractivity (Wildman–Crippen MR) is 82.3 cm³/mol. The van der Waals surface area contributed by atoms with E-state index in [-0.39, 0.29) is 18.0 Å². The van der Waals surface area contributed by atoms with Crippen LogP contribution in [0, 0.1) is 17.8 Å². The highest BCUT2D eigenvalue weighted by molar-refractivity contribution is 7.10. The van der Waals surface area contributed by atoms with Crippen LogP contribution in [0.5, 0.6) is 0 Å². The molecule has 5 nitrogen and oxygen atoms in total. The molecule has 2 N–H and O–H groups in total. The molecule has 0 aliphatic carbocycles. The molecule has 1 aromatic rings. The van der Waals surface area contributed by atoms with Crippen molar-refractivity contribution in [3.05, 3.63) is 22.4 Å². The minimum Gasteiger partial charge on any atom is -0.481 e. The maximum absolute atomic E-state index is 12.2. The van der Waals surface area contributed by atoms with Crippen molar-refractivity contribution in [2.45, 2.75) is 26.8 Å². The maximum Gasteiger partial charge on any atom is 0.317 e. The minimum atomic E-state index is -0.793. The van der Waals surface area contributed by atoms with Gasteiger partial charge in [0.25, 0.3) is 0 Å². The van der Waals surface area contributed by atoms with E-state index in [0.717, 1.165) is 4.88 Å². The van der Waals surface area contributed by atoms with E-state index in [0.29, 0.717) is 19.0 Å². The van der Waals surface area contributed by atoms with Gasteiger partial charge in [-0.3, -0.25) is 4.79 Å². The van der Waals surface area contributed by atoms with Crippen LogP contribution in [0.4, 0.5) is 4.79 Å². The first kappa shape index (κ1) is 15.8. The number of carbonyl (C=O) groups excluding carboxylic acids is 1. The van der Waals surface area contributed by atoms with E-state index >= 15 is 0 Å². The van der Waals surface area contributed by atoms with Gasteiger partial charge >= 0.3 is 12.0 Å². The molecule has 1 aromatic heterocycles. The normalized spacial score (nSPS) is 18.2. The molecule has 2 atom stereocenters. The van der Waals surface area contributed by atoms with Crippen molar-refractivity contribution < 1.29 is 14.7 Å². The molecule has 0 radical (unpaired) electrons. The molecular weight excluding hydrogens is 288 g/mol. The van der Waals surface area contributed by atoms with E-state index in [2.05, 4.69) is 19.2 Å². The van der Waals surface area contributed by atoms with Gasteiger partial charge in [0, 0.05) is 23.9 Å². The number of aliphatic carboxylic acids is 1. The number of carboxylic acids is 1. The molecule has 2 unspecified atom stereocenters. The number of nitrogens with one attached hydrogen (secondary N) is 1. The Kier molecular flexibility index (Phi) is 4.88. The number of hydrogen-bond donors (Lipinski definition) is 2. The van der Waals surface area contributed by atoms with Crippen molar-refractivity contribution in [2.24, 2.45) is 17.8 Å². The van der Waals surface area contributed by atoms with Crippen LogP contribution in [0.3, 0.4) is 0 Å². The number of rotatable bonds is 5. The molecule has 6 heteroatoms. The number of likely N-dealkylation sites (tertiary alicyclic amines) is 1. The molecule has 1 aliphatic heterocycles. The maximum atomic E-state index is 12.2. The van der Waals surface area contributed by atoms with Gasteiger partial charge in [-0.15, -0.1) is 11.3 Å². The number of carbonyl (C=O) groups is 2. The molecule has 21 heavy (non-hydrogen) atoms. The Bertz CT molecular complexity index is 495. The fourth-order valence-corrected chi connectivity index (χ4v) is 3.40. The summed E-state index contributed by atoms with van der Waals surface area (Å²) in [7, 11) is 0. The summed E-state index contributed by atoms with van der Waals surface area (Å²) in [6.07, 6.45) is 0. The van der Waals surface area contributed by atoms with Gasteiger partial charge in [0.2, 0.25) is 0 Å². The van der Waals surface area contributed by atoms with Crippen LogP contribution in [0.2, 0.25) is 0 Å². The second kappa shape index (κ2) is 6.47. The Labute approximate surface area is 129 Å². The zero-order valence-corrected chi connectivity index (χ0v) is 13.4. The minimum absolute atomic E-state index is 0.00782. The first-order valence-electron chi connectivity index (χ1n) is 7.21. The van der Waals surface area contributed by atoms with E-state index < -0.39 is 11.9 Å². The molecule has 116 valence electrons. The van der Waals surface area contributed by atoms with Crippen molar-refractivity contribution in [3.8, 4) is 0 Å². The van der Waals surface area contributed by atoms with Crippen LogP contribution in [0.25, 0.3) is 0 Å². The lowest BCUT2D eigenvalue weighted by atomic mass is 9.87. The largest absolute Gasteiger partial charge is 0.481 e. The lowest BCUT2D eigenvalue weighted by Crippen LogP contribution is -2.57. The molecule has 0 bridgehead atoms. The van der Waals surface area contributed by atoms with E-state index in [4.69, 9.17) is 5.11 Å². The number of urea groups is 1. The van der Waals surface area contributed by atoms with Crippen molar-refractivity contribution in [1.29, 1.82) is 0 Å². The molecule has 1 saturated heterocycles. The van der Waals surface area contributed by atoms with Crippen molar-refractivity contribution in [1.82, 2.24) is 10.2 Å². The topological polar surface area (TPSA) is 69.6 Å². The fourth-order valence-electron chi connectivity index (χ4n) is 2.46. The highest BCUT2D eigenvalue weighted by atomic mass is 32.1. The van der Waals surface area contributed by atoms with Gasteiger partial charge in [0.15, 0.2) is 0 Å². The highest BCUT2D eigenvalue weighted by Gasteiger charge is 2.37. The predicted octanol–water partition coefficient (Wildman–Crippen LogP) is 2.81. The first-order chi connectivity index (χ1) is 9.90. The van der Waals surface area contributed by atoms with Gasteiger partial charge in [-0.1, -0.05) is 26.8 Å². The number of carboxylic acid groups (broad SMARTS) is 1. The second-order valence-electron chi connectivity index (χ2n) is 5.98. The van der Waals surface area contributed by atoms with Crippen LogP contribution >= 0.6 is 11.3 Å². The smallest absolute Gasteiger partial charge is 0.317 e. The van der Waals surface area contributed by atoms with Crippen molar-refractivity contribution in [2.75, 3.05) is 13.1 Å². The molecular formula is C15H22N2O3S. The number of thiophene rings is 1. The Morgan fingerprint density at radius 3 is 2.52 bits per heavy atom. The van der Waals surface area contributed by atoms with Gasteiger partial charge in [0.1, 0.15) is 0 Å². The highest BCUT2D eigenvalue weighted by Crippen LogP contribution is 2.28. The van der Waals surface area contributed by atoms with E-state index in [1.165, 1.54) is 0 Å². The number of hydrogen-bond acceptors (Lipinski definition) is 3. The first-order valence-corrected chi connectivity index (χ1v) is 8.09. The van der Waals surface area contributed by atoms with Crippen molar-refractivity contribution in [3.63, 3.8) is 0 Å². The van der Waals surface area contributed by atoms with Crippen LogP contribution in [0.15, 0.2) is 17.5 Å². The fraction of sp³-hybridized carbons (Fsp3) is 0.600. The Morgan fingerprint density at radius 1 is 1.38 bits per heavy atom. The summed E-state index contributed by atoms with van der Waals surface area (Å²) in [6, 6.07) is 3.92. The van der Waals surface area contributed by atoms with Crippen molar-refractivity contribution >= 4 is 23.3 Å². The molecule has 2 rings (SSSR count). The summed E-state index contributed by atoms with van der Waals surface area (Å²) in [5.74, 6) is -0.818. The van der Waals surface area contributed by atoms with E-state index in [9.17, 15) is 9.59 Å². The summed E-state index contributed by atoms with van der Waals surface area (Å²) in [4.78, 5) is 26.0. The monoisotopic (exact) mass is 310 g/mol. The van der Waals surface area contributed by atoms with E-state index in [1.807, 2.05) is 17.5 Å². The molecule has 2 amide bonds. The molecule has 1 aliphatic rings. The summed E-state index contributed by atoms with van der Waals surface area (Å²) < 4.78 is 0. The lowest BCUT2D eigenvalue weighted by molar-refractivity contribution is -0.144. The van der Waals surface area contributed by atoms with Gasteiger partial charge in [-0.25, -0.2) is 4.79 Å². The zero-order valence-electron chi connectivity index (χ0n) is 12.6. The average molecular weight is 310 g/mol. The quantitative estimate of drug-likeness (QED) is 0.878. The van der Waals surface area contributed by atoms with Gasteiger partial charge in [-0.2, -0.15) is 0 Å². The van der Waals surface area contributed by atoms with Crippen LogP contribution in [-0.4, -0.2) is 35.1 Å². The third-order valence-electron chi connectivity index (χ3n) is 4.09. The third kappa shape index (κ3) is 3.56. The van der Waals surface area contributed by atoms with Gasteiger partial charge in [0.05, 0.1) is 12.0 Å². The van der Waals surface area contributed by atoms with Gasteiger partial charge < -0.3 is 15.3 Å². The molecule has 0 saturated carbocycles. The lowest BCUT2D eigenvalue weighted by Gasteiger charge is -2.41. The van der Waals surface area contributed by atoms with E-state index in [1.54, 1.807) is 23.2 Å². The summed E-state index contributed by atoms with van der Waals surface area (Å²) in [6.45, 7) is 6.90. The molecule has 0 aromatic carbocycles. The number of nitrogens with zero attached hydrogens (tertiary/aromatic N) is 1.